The predicted molar refractivity (Wildman–Crippen MR) is 28.3 cm³/mol. The minimum Gasteiger partial charge on any atom is -0.356 e. The normalized spacial score (nSPS) is 16.2. The lowest BCUT2D eigenvalue weighted by Gasteiger charge is -1.80. The van der Waals surface area contributed by atoms with Crippen molar-refractivity contribution in [1.29, 1.82) is 5.59 Å². The molecule has 0 atom stereocenters. The van der Waals surface area contributed by atoms with E-state index in [9.17, 15) is 4.79 Å². The van der Waals surface area contributed by atoms with Crippen LogP contribution in [0.2, 0.25) is 0 Å². The molecule has 8 heavy (non-hydrogen) atoms. The van der Waals surface area contributed by atoms with Gasteiger partial charge in [-0.15, -0.1) is 0 Å². The summed E-state index contributed by atoms with van der Waals surface area (Å²) in [6, 6.07) is 0. The van der Waals surface area contributed by atoms with E-state index in [1.54, 1.807) is 0 Å². The highest BCUT2D eigenvalue weighted by Gasteiger charge is 2.05. The Hall–Kier alpha value is -0.930. The van der Waals surface area contributed by atoms with E-state index in [-0.39, 0.29) is 5.91 Å². The Labute approximate surface area is 47.0 Å². The second-order valence-electron chi connectivity index (χ2n) is 1.45. The van der Waals surface area contributed by atoms with Crippen molar-refractivity contribution in [1.82, 2.24) is 5.32 Å². The number of amides is 1. The van der Waals surface area contributed by atoms with Crippen LogP contribution in [0.5, 0.6) is 0 Å². The number of carbonyl (C=O) groups is 1. The molecule has 0 aliphatic carbocycles. The molecule has 0 aromatic rings. The van der Waals surface area contributed by atoms with E-state index in [2.05, 4.69) is 10.9 Å². The van der Waals surface area contributed by atoms with Crippen molar-refractivity contribution in [2.45, 2.75) is 12.8 Å². The van der Waals surface area contributed by atoms with Gasteiger partial charge in [0.15, 0.2) is 0 Å². The topological polar surface area (TPSA) is 70.0 Å². The lowest BCUT2D eigenvalue weighted by Crippen LogP contribution is -2.12. The van der Waals surface area contributed by atoms with Crippen LogP contribution in [0.15, 0.2) is 0 Å². The maximum absolute atomic E-state index is 10.1. The van der Waals surface area contributed by atoms with Crippen molar-refractivity contribution in [3.63, 3.8) is 0 Å². The van der Waals surface area contributed by atoms with Gasteiger partial charge in [-0.25, -0.2) is 0 Å². The summed E-state index contributed by atoms with van der Waals surface area (Å²) in [4.78, 5) is 17.6. The number of nitrogens with one attached hydrogen (secondary N) is 2. The van der Waals surface area contributed by atoms with Crippen LogP contribution in [0.4, 0.5) is 0 Å². The minimum absolute atomic E-state index is 0.204. The smallest absolute Gasteiger partial charge is 0.220 e. The van der Waals surface area contributed by atoms with Crippen molar-refractivity contribution in [3.05, 3.63) is 4.91 Å². The molecule has 0 saturated carbocycles. The van der Waals surface area contributed by atoms with Crippen molar-refractivity contribution in [3.8, 4) is 0 Å². The Balaban J connectivity index is 0.000000222. The predicted octanol–water partition coefficient (Wildman–Crippen LogP) is 0.228. The lowest BCUT2D eigenvalue weighted by atomic mass is 10.4. The van der Waals surface area contributed by atoms with Gasteiger partial charge in [0.05, 0.1) is 0 Å². The molecule has 1 aliphatic heterocycles. The fourth-order valence-corrected chi connectivity index (χ4v) is 0.565. The quantitative estimate of drug-likeness (QED) is 0.445. The van der Waals surface area contributed by atoms with Crippen LogP contribution in [-0.2, 0) is 4.79 Å². The van der Waals surface area contributed by atoms with Crippen LogP contribution < -0.4 is 5.32 Å². The summed E-state index contributed by atoms with van der Waals surface area (Å²) in [5.41, 5.74) is 4.50. The molecule has 1 amide bonds. The second kappa shape index (κ2) is 4.23. The maximum Gasteiger partial charge on any atom is 0.220 e. The zero-order valence-corrected chi connectivity index (χ0v) is 4.44. The molecule has 4 heteroatoms. The molecule has 0 unspecified atom stereocenters. The van der Waals surface area contributed by atoms with Crippen LogP contribution in [-0.4, -0.2) is 12.5 Å². The average molecular weight is 116 g/mol. The van der Waals surface area contributed by atoms with Gasteiger partial charge in [-0.1, -0.05) is 5.59 Å². The van der Waals surface area contributed by atoms with Crippen LogP contribution in [0.3, 0.4) is 0 Å². The zero-order valence-electron chi connectivity index (χ0n) is 4.44. The van der Waals surface area contributed by atoms with Crippen molar-refractivity contribution >= 4 is 5.91 Å². The Morgan fingerprint density at radius 3 is 2.25 bits per heavy atom. The summed E-state index contributed by atoms with van der Waals surface area (Å²) in [7, 11) is 0. The van der Waals surface area contributed by atoms with Gasteiger partial charge < -0.3 is 5.32 Å². The summed E-state index contributed by atoms with van der Waals surface area (Å²) < 4.78 is 0. The third kappa shape index (κ3) is 2.28. The molecule has 0 aromatic heterocycles. The van der Waals surface area contributed by atoms with Gasteiger partial charge >= 0.3 is 0 Å². The Bertz CT molecular complexity index is 76.1. The van der Waals surface area contributed by atoms with Gasteiger partial charge in [-0.3, -0.25) is 4.79 Å². The van der Waals surface area contributed by atoms with Gasteiger partial charge in [-0.05, 0) is 6.42 Å². The summed E-state index contributed by atoms with van der Waals surface area (Å²) in [5.74, 6) is 0.204. The minimum atomic E-state index is 0.204. The highest BCUT2D eigenvalue weighted by atomic mass is 16.2. The molecule has 1 saturated heterocycles. The monoisotopic (exact) mass is 116 g/mol. The molecule has 0 bridgehead atoms. The molecule has 46 valence electrons. The van der Waals surface area contributed by atoms with Crippen LogP contribution in [0.25, 0.3) is 0 Å². The van der Waals surface area contributed by atoms with Gasteiger partial charge in [-0.2, -0.15) is 4.91 Å². The van der Waals surface area contributed by atoms with E-state index in [1.165, 1.54) is 0 Å². The zero-order chi connectivity index (χ0) is 6.41. The largest absolute Gasteiger partial charge is 0.356 e. The highest BCUT2D eigenvalue weighted by Crippen LogP contribution is 1.93. The van der Waals surface area contributed by atoms with Gasteiger partial charge in [0.25, 0.3) is 0 Å². The summed E-state index contributed by atoms with van der Waals surface area (Å²) in [5, 5.41) is 2.68. The molecule has 0 spiro atoms. The molecule has 1 fully saturated rings. The maximum atomic E-state index is 10.1. The SMILES string of the molecule is N=O.O=C1CCCN1. The molecular weight excluding hydrogens is 108 g/mol. The number of nitroso groups, excluding NO2 is 1. The third-order valence-electron chi connectivity index (χ3n) is 0.903. The number of carbonyl (C=O) groups excluding carboxylic acids is 1. The fourth-order valence-electron chi connectivity index (χ4n) is 0.565. The standard InChI is InChI=1S/C4H7NO.HNO/c6-4-2-1-3-5-4;1-2/h1-3H2,(H,5,6);1H. The number of hydrogen-bond donors (Lipinski definition) is 2. The van der Waals surface area contributed by atoms with Crippen LogP contribution in [0, 0.1) is 10.5 Å². The summed E-state index contributed by atoms with van der Waals surface area (Å²) >= 11 is 0. The highest BCUT2D eigenvalue weighted by molar-refractivity contribution is 5.77. The van der Waals surface area contributed by atoms with E-state index < -0.39 is 0 Å². The van der Waals surface area contributed by atoms with Crippen LogP contribution >= 0.6 is 0 Å². The molecule has 4 nitrogen and oxygen atoms in total. The van der Waals surface area contributed by atoms with E-state index in [0.717, 1.165) is 19.4 Å². The first-order valence-electron chi connectivity index (χ1n) is 2.37. The third-order valence-corrected chi connectivity index (χ3v) is 0.903. The second-order valence-corrected chi connectivity index (χ2v) is 1.45. The molecular formula is C4H8N2O2. The van der Waals surface area contributed by atoms with E-state index in [4.69, 9.17) is 4.91 Å². The molecule has 1 heterocycles. The lowest BCUT2D eigenvalue weighted by molar-refractivity contribution is -0.119. The van der Waals surface area contributed by atoms with Gasteiger partial charge in [0, 0.05) is 13.0 Å². The van der Waals surface area contributed by atoms with Gasteiger partial charge in [0.2, 0.25) is 5.91 Å². The van der Waals surface area contributed by atoms with E-state index >= 15 is 0 Å². The first-order chi connectivity index (χ1) is 3.89. The van der Waals surface area contributed by atoms with Crippen molar-refractivity contribution in [2.24, 2.45) is 0 Å². The Morgan fingerprint density at radius 1 is 1.50 bits per heavy atom. The number of rotatable bonds is 0. The van der Waals surface area contributed by atoms with Crippen LogP contribution in [0.1, 0.15) is 12.8 Å². The molecule has 1 rings (SSSR count). The fraction of sp³-hybridized carbons (Fsp3) is 0.750. The Kier molecular flexibility index (Phi) is 3.74. The molecule has 0 radical (unpaired) electrons. The average Bonchev–Trinajstić information content (AvgIpc) is 2.24. The van der Waals surface area contributed by atoms with Crippen molar-refractivity contribution < 1.29 is 4.79 Å². The molecule has 1 aliphatic rings. The number of hydrogen-bond acceptors (Lipinski definition) is 3. The summed E-state index contributed by atoms with van der Waals surface area (Å²) in [6.45, 7) is 0.888. The first kappa shape index (κ1) is 7.07. The van der Waals surface area contributed by atoms with Crippen molar-refractivity contribution in [2.75, 3.05) is 6.54 Å². The van der Waals surface area contributed by atoms with E-state index in [1.807, 2.05) is 0 Å². The first-order valence-corrected chi connectivity index (χ1v) is 2.37. The van der Waals surface area contributed by atoms with E-state index in [0.29, 0.717) is 0 Å². The van der Waals surface area contributed by atoms with Gasteiger partial charge in [0.1, 0.15) is 0 Å². The molecule has 2 N–H and O–H groups in total. The Morgan fingerprint density at radius 2 is 2.12 bits per heavy atom. The molecule has 0 aromatic carbocycles. The summed E-state index contributed by atoms with van der Waals surface area (Å²) in [6.07, 6.45) is 1.76.